The number of hydrogen-bond donors (Lipinski definition) is 1. The minimum Gasteiger partial charge on any atom is -0.345 e. The summed E-state index contributed by atoms with van der Waals surface area (Å²) in [6, 6.07) is 46.8. The molecule has 41 heavy (non-hydrogen) atoms. The van der Waals surface area contributed by atoms with Gasteiger partial charge >= 0.3 is 0 Å². The monoisotopic (exact) mass is 520 g/mol. The zero-order chi connectivity index (χ0) is 26.9. The summed E-state index contributed by atoms with van der Waals surface area (Å²) >= 11 is 0. The maximum absolute atomic E-state index is 4.43. The van der Waals surface area contributed by atoms with Crippen LogP contribution in [0.5, 0.6) is 0 Å². The van der Waals surface area contributed by atoms with Gasteiger partial charge in [0.2, 0.25) is 0 Å². The molecule has 1 aromatic heterocycles. The summed E-state index contributed by atoms with van der Waals surface area (Å²) in [5, 5.41) is 7.73. The first-order valence-electron chi connectivity index (χ1n) is 14.1. The van der Waals surface area contributed by atoms with Gasteiger partial charge in [0.05, 0.1) is 0 Å². The van der Waals surface area contributed by atoms with E-state index in [1.165, 1.54) is 76.8 Å². The molecule has 0 aliphatic heterocycles. The molecule has 0 radical (unpaired) electrons. The largest absolute Gasteiger partial charge is 0.345 e. The van der Waals surface area contributed by atoms with Gasteiger partial charge in [-0.05, 0) is 76.8 Å². The topological polar surface area (TPSA) is 28.7 Å². The fourth-order valence-electron chi connectivity index (χ4n) is 6.97. The number of H-pyrrole nitrogens is 1. The lowest BCUT2D eigenvalue weighted by Gasteiger charge is -2.19. The van der Waals surface area contributed by atoms with Gasteiger partial charge in [-0.15, -0.1) is 0 Å². The molecular weight excluding hydrogens is 496 g/mol. The highest BCUT2D eigenvalue weighted by atomic mass is 14.9. The van der Waals surface area contributed by atoms with Crippen molar-refractivity contribution >= 4 is 32.3 Å². The van der Waals surface area contributed by atoms with Gasteiger partial charge in [0.15, 0.2) is 0 Å². The summed E-state index contributed by atoms with van der Waals surface area (Å²) in [5.41, 5.74) is 11.4. The van der Waals surface area contributed by atoms with E-state index in [2.05, 4.69) is 137 Å². The van der Waals surface area contributed by atoms with Crippen molar-refractivity contribution in [3.63, 3.8) is 0 Å². The fraction of sp³-hybridized carbons (Fsp3) is 0. The average Bonchev–Trinajstić information content (AvgIpc) is 3.69. The van der Waals surface area contributed by atoms with Crippen LogP contribution < -0.4 is 0 Å². The van der Waals surface area contributed by atoms with Gasteiger partial charge in [-0.3, -0.25) is 0 Å². The normalized spacial score (nSPS) is 11.9. The van der Waals surface area contributed by atoms with Gasteiger partial charge in [-0.25, -0.2) is 4.98 Å². The number of nitrogens with zero attached hydrogens (tertiary/aromatic N) is 1. The molecule has 0 unspecified atom stereocenters. The Morgan fingerprint density at radius 3 is 1.54 bits per heavy atom. The van der Waals surface area contributed by atoms with Crippen molar-refractivity contribution in [1.29, 1.82) is 0 Å². The molecule has 0 fully saturated rings. The first-order valence-corrected chi connectivity index (χ1v) is 14.1. The van der Waals surface area contributed by atoms with Crippen molar-refractivity contribution in [2.24, 2.45) is 0 Å². The third-order valence-corrected chi connectivity index (χ3v) is 8.69. The minimum absolute atomic E-state index is 0.885. The van der Waals surface area contributed by atoms with E-state index in [4.69, 9.17) is 0 Å². The molecule has 1 aliphatic carbocycles. The Labute approximate surface area is 237 Å². The molecule has 190 valence electrons. The summed E-state index contributed by atoms with van der Waals surface area (Å²) in [6.07, 6.45) is 3.66. The van der Waals surface area contributed by atoms with Gasteiger partial charge < -0.3 is 4.98 Å². The number of imidazole rings is 1. The van der Waals surface area contributed by atoms with Crippen LogP contribution in [0.25, 0.3) is 88.2 Å². The Morgan fingerprint density at radius 2 is 0.902 bits per heavy atom. The van der Waals surface area contributed by atoms with Crippen molar-refractivity contribution in [3.8, 4) is 55.9 Å². The lowest BCUT2D eigenvalue weighted by molar-refractivity contribution is 1.31. The molecule has 0 bridgehead atoms. The van der Waals surface area contributed by atoms with E-state index < -0.39 is 0 Å². The second-order valence-electron chi connectivity index (χ2n) is 10.8. The SMILES string of the molecule is c1ccc2c(c1)-c1cccc3c(-c4c5ccccc5c(-c5ccc(-c6ncc[nH]6)cc5)c5ccccc45)ccc-2c13. The molecule has 2 heteroatoms. The standard InChI is InChI=1S/C39H24N2/c1-2-9-27-26(8-1)28-14-7-15-33-35(21-20-34(27)37(28)33)38-31-12-5-3-10-29(31)36(30-11-4-6-13-32(30)38)24-16-18-25(19-17-24)39-40-22-23-41-39/h1-23H,(H,40,41). The maximum Gasteiger partial charge on any atom is 0.137 e. The molecule has 0 saturated heterocycles. The molecule has 0 atom stereocenters. The summed E-state index contributed by atoms with van der Waals surface area (Å²) < 4.78 is 0. The number of fused-ring (bicyclic) bond motifs is 5. The highest BCUT2D eigenvalue weighted by Crippen LogP contribution is 2.51. The number of benzene rings is 7. The molecule has 2 nitrogen and oxygen atoms in total. The van der Waals surface area contributed by atoms with Crippen molar-refractivity contribution in [1.82, 2.24) is 9.97 Å². The number of hydrogen-bond acceptors (Lipinski definition) is 1. The van der Waals surface area contributed by atoms with Crippen LogP contribution >= 0.6 is 0 Å². The second kappa shape index (κ2) is 8.51. The molecule has 9 rings (SSSR count). The van der Waals surface area contributed by atoms with Crippen LogP contribution in [0.15, 0.2) is 140 Å². The summed E-state index contributed by atoms with van der Waals surface area (Å²) in [6.45, 7) is 0. The van der Waals surface area contributed by atoms with Crippen LogP contribution in [0.2, 0.25) is 0 Å². The number of rotatable bonds is 3. The lowest BCUT2D eigenvalue weighted by atomic mass is 9.84. The maximum atomic E-state index is 4.43. The molecule has 1 heterocycles. The number of aromatic amines is 1. The Hall–Kier alpha value is -5.47. The predicted octanol–water partition coefficient (Wildman–Crippen LogP) is 10.5. The number of nitrogens with one attached hydrogen (secondary N) is 1. The van der Waals surface area contributed by atoms with Gasteiger partial charge in [-0.1, -0.05) is 127 Å². The highest BCUT2D eigenvalue weighted by Gasteiger charge is 2.24. The molecule has 0 amide bonds. The zero-order valence-corrected chi connectivity index (χ0v) is 22.2. The minimum atomic E-state index is 0.885. The smallest absolute Gasteiger partial charge is 0.137 e. The average molecular weight is 521 g/mol. The fourth-order valence-corrected chi connectivity index (χ4v) is 6.97. The summed E-state index contributed by atoms with van der Waals surface area (Å²) in [5.74, 6) is 0.885. The predicted molar refractivity (Wildman–Crippen MR) is 172 cm³/mol. The van der Waals surface area contributed by atoms with E-state index in [1.807, 2.05) is 6.20 Å². The van der Waals surface area contributed by atoms with Crippen molar-refractivity contribution in [2.45, 2.75) is 0 Å². The van der Waals surface area contributed by atoms with Crippen molar-refractivity contribution < 1.29 is 0 Å². The van der Waals surface area contributed by atoms with E-state index in [-0.39, 0.29) is 0 Å². The van der Waals surface area contributed by atoms with Crippen LogP contribution in [-0.2, 0) is 0 Å². The van der Waals surface area contributed by atoms with E-state index in [0.717, 1.165) is 11.4 Å². The van der Waals surface area contributed by atoms with Crippen LogP contribution in [0.4, 0.5) is 0 Å². The first-order chi connectivity index (χ1) is 20.4. The lowest BCUT2D eigenvalue weighted by Crippen LogP contribution is -1.92. The van der Waals surface area contributed by atoms with Crippen molar-refractivity contribution in [2.75, 3.05) is 0 Å². The van der Waals surface area contributed by atoms with Crippen LogP contribution in [0, 0.1) is 0 Å². The van der Waals surface area contributed by atoms with Crippen LogP contribution in [0.1, 0.15) is 0 Å². The van der Waals surface area contributed by atoms with Crippen LogP contribution in [-0.4, -0.2) is 9.97 Å². The van der Waals surface area contributed by atoms with Gasteiger partial charge in [-0.2, -0.15) is 0 Å². The third kappa shape index (κ3) is 3.16. The Kier molecular flexibility index (Phi) is 4.64. The van der Waals surface area contributed by atoms with Gasteiger partial charge in [0.25, 0.3) is 0 Å². The van der Waals surface area contributed by atoms with Gasteiger partial charge in [0, 0.05) is 18.0 Å². The van der Waals surface area contributed by atoms with Gasteiger partial charge in [0.1, 0.15) is 5.82 Å². The molecular formula is C39H24N2. The van der Waals surface area contributed by atoms with E-state index >= 15 is 0 Å². The second-order valence-corrected chi connectivity index (χ2v) is 10.8. The van der Waals surface area contributed by atoms with E-state index in [1.54, 1.807) is 6.20 Å². The quantitative estimate of drug-likeness (QED) is 0.231. The molecule has 0 spiro atoms. The van der Waals surface area contributed by atoms with E-state index in [0.29, 0.717) is 0 Å². The molecule has 8 aromatic rings. The Balaban J connectivity index is 1.35. The molecule has 0 saturated carbocycles. The first kappa shape index (κ1) is 22.4. The van der Waals surface area contributed by atoms with Crippen molar-refractivity contribution in [3.05, 3.63) is 140 Å². The molecule has 1 aliphatic rings. The number of aromatic nitrogens is 2. The zero-order valence-electron chi connectivity index (χ0n) is 22.2. The Bertz CT molecular complexity index is 2200. The summed E-state index contributed by atoms with van der Waals surface area (Å²) in [7, 11) is 0. The Morgan fingerprint density at radius 1 is 0.390 bits per heavy atom. The summed E-state index contributed by atoms with van der Waals surface area (Å²) in [4.78, 5) is 7.65. The van der Waals surface area contributed by atoms with Crippen LogP contribution in [0.3, 0.4) is 0 Å². The highest BCUT2D eigenvalue weighted by molar-refractivity contribution is 6.26. The molecule has 1 N–H and O–H groups in total. The molecule has 7 aromatic carbocycles. The van der Waals surface area contributed by atoms with E-state index in [9.17, 15) is 0 Å². The third-order valence-electron chi connectivity index (χ3n) is 8.69.